The minimum absolute atomic E-state index is 0.115. The first-order chi connectivity index (χ1) is 26.0. The maximum Gasteiger partial charge on any atom is 0.0719 e. The molecule has 0 amide bonds. The first kappa shape index (κ1) is 31.3. The fourth-order valence-corrected chi connectivity index (χ4v) is 9.30. The molecule has 0 unspecified atom stereocenters. The van der Waals surface area contributed by atoms with Gasteiger partial charge in [0.05, 0.1) is 5.41 Å². The Labute approximate surface area is 312 Å². The van der Waals surface area contributed by atoms with Crippen LogP contribution in [0.4, 0.5) is 17.1 Å². The molecule has 0 bridgehead atoms. The number of hydrogen-bond donors (Lipinski definition) is 0. The molecule has 0 N–H and O–H groups in total. The minimum atomic E-state index is -0.400. The van der Waals surface area contributed by atoms with Gasteiger partial charge in [0.15, 0.2) is 0 Å². The Hall–Kier alpha value is -6.44. The van der Waals surface area contributed by atoms with Crippen molar-refractivity contribution in [2.24, 2.45) is 0 Å². The zero-order valence-corrected chi connectivity index (χ0v) is 30.0. The second kappa shape index (κ2) is 12.1. The zero-order chi connectivity index (χ0) is 35.6. The average molecular weight is 678 g/mol. The summed E-state index contributed by atoms with van der Waals surface area (Å²) in [7, 11) is 0. The van der Waals surface area contributed by atoms with Crippen molar-refractivity contribution in [2.45, 2.75) is 24.7 Å². The number of fused-ring (bicyclic) bond motifs is 9. The van der Waals surface area contributed by atoms with Crippen LogP contribution < -0.4 is 4.90 Å². The Morgan fingerprint density at radius 2 is 0.698 bits per heavy atom. The fourth-order valence-electron chi connectivity index (χ4n) is 9.30. The molecule has 252 valence electrons. The van der Waals surface area contributed by atoms with E-state index in [0.717, 1.165) is 17.1 Å². The standard InChI is InChI=1S/C52H39N/c1-51(2)47-21-11-13-23-49(47)52(50-24-14-12-22-48(50)51)45-20-10-9-19-43(45)44-35-42(33-34-46(44)52)53(40-17-7-4-8-18-40)41-31-29-39(30-32-41)38-27-25-37(26-28-38)36-15-5-3-6-16-36/h3-35H,1-2H3. The predicted octanol–water partition coefficient (Wildman–Crippen LogP) is 13.5. The van der Waals surface area contributed by atoms with Crippen molar-refractivity contribution in [3.05, 3.63) is 234 Å². The number of benzene rings is 8. The Morgan fingerprint density at radius 3 is 1.28 bits per heavy atom. The van der Waals surface area contributed by atoms with Gasteiger partial charge in [-0.1, -0.05) is 178 Å². The van der Waals surface area contributed by atoms with E-state index in [-0.39, 0.29) is 5.41 Å². The molecule has 0 atom stereocenters. The molecule has 0 saturated carbocycles. The van der Waals surface area contributed by atoms with Crippen LogP contribution in [0.15, 0.2) is 200 Å². The fraction of sp³-hybridized carbons (Fsp3) is 0.0769. The van der Waals surface area contributed by atoms with Crippen LogP contribution in [-0.2, 0) is 10.8 Å². The number of para-hydroxylation sites is 1. The highest BCUT2D eigenvalue weighted by Crippen LogP contribution is 2.62. The minimum Gasteiger partial charge on any atom is -0.310 e. The van der Waals surface area contributed by atoms with Crippen molar-refractivity contribution in [2.75, 3.05) is 4.90 Å². The van der Waals surface area contributed by atoms with Crippen LogP contribution in [-0.4, -0.2) is 0 Å². The summed E-state index contributed by atoms with van der Waals surface area (Å²) in [6.07, 6.45) is 0. The molecule has 0 aromatic heterocycles. The summed E-state index contributed by atoms with van der Waals surface area (Å²) < 4.78 is 0. The van der Waals surface area contributed by atoms with E-state index in [1.54, 1.807) is 0 Å². The normalized spacial score (nSPS) is 14.2. The monoisotopic (exact) mass is 677 g/mol. The third-order valence-corrected chi connectivity index (χ3v) is 11.8. The molecule has 10 rings (SSSR count). The van der Waals surface area contributed by atoms with E-state index in [0.29, 0.717) is 0 Å². The molecule has 8 aromatic rings. The maximum atomic E-state index is 2.43. The second-order valence-corrected chi connectivity index (χ2v) is 14.9. The van der Waals surface area contributed by atoms with Crippen molar-refractivity contribution in [1.82, 2.24) is 0 Å². The lowest BCUT2D eigenvalue weighted by atomic mass is 9.55. The summed E-state index contributed by atoms with van der Waals surface area (Å²) in [5, 5.41) is 0. The summed E-state index contributed by atoms with van der Waals surface area (Å²) in [4.78, 5) is 2.39. The topological polar surface area (TPSA) is 3.24 Å². The van der Waals surface area contributed by atoms with E-state index in [4.69, 9.17) is 0 Å². The molecular formula is C52H39N. The molecule has 2 aliphatic rings. The van der Waals surface area contributed by atoms with Gasteiger partial charge < -0.3 is 4.90 Å². The van der Waals surface area contributed by atoms with E-state index < -0.39 is 5.41 Å². The van der Waals surface area contributed by atoms with Gasteiger partial charge in [-0.15, -0.1) is 0 Å². The van der Waals surface area contributed by atoms with Gasteiger partial charge in [-0.3, -0.25) is 0 Å². The molecule has 1 heteroatoms. The van der Waals surface area contributed by atoms with Gasteiger partial charge in [-0.25, -0.2) is 0 Å². The third-order valence-electron chi connectivity index (χ3n) is 11.8. The number of rotatable bonds is 5. The van der Waals surface area contributed by atoms with Crippen LogP contribution in [0.2, 0.25) is 0 Å². The smallest absolute Gasteiger partial charge is 0.0719 e. The molecule has 0 fully saturated rings. The van der Waals surface area contributed by atoms with Gasteiger partial charge in [0.2, 0.25) is 0 Å². The SMILES string of the molecule is CC1(C)c2ccccc2C2(c3ccccc3-c3cc(N(c4ccccc4)c4ccc(-c5ccc(-c6ccccc6)cc5)cc4)ccc32)c2ccccc21. The van der Waals surface area contributed by atoms with Crippen molar-refractivity contribution >= 4 is 17.1 Å². The average Bonchev–Trinajstić information content (AvgIpc) is 3.52. The molecule has 8 aromatic carbocycles. The van der Waals surface area contributed by atoms with E-state index in [9.17, 15) is 0 Å². The highest BCUT2D eigenvalue weighted by Gasteiger charge is 2.53. The van der Waals surface area contributed by atoms with Gasteiger partial charge in [0, 0.05) is 22.5 Å². The Balaban J connectivity index is 1.11. The second-order valence-electron chi connectivity index (χ2n) is 14.9. The molecule has 0 saturated heterocycles. The first-order valence-electron chi connectivity index (χ1n) is 18.6. The lowest BCUT2D eigenvalue weighted by molar-refractivity contribution is 0.563. The summed E-state index contributed by atoms with van der Waals surface area (Å²) in [5.41, 5.74) is 18.6. The van der Waals surface area contributed by atoms with Crippen molar-refractivity contribution in [1.29, 1.82) is 0 Å². The molecule has 1 spiro atoms. The highest BCUT2D eigenvalue weighted by molar-refractivity contribution is 5.91. The first-order valence-corrected chi connectivity index (χ1v) is 18.6. The molecule has 0 heterocycles. The van der Waals surface area contributed by atoms with E-state index in [1.807, 2.05) is 0 Å². The summed E-state index contributed by atoms with van der Waals surface area (Å²) in [6.45, 7) is 4.76. The molecule has 53 heavy (non-hydrogen) atoms. The van der Waals surface area contributed by atoms with Crippen molar-refractivity contribution < 1.29 is 0 Å². The number of hydrogen-bond acceptors (Lipinski definition) is 1. The van der Waals surface area contributed by atoms with Gasteiger partial charge >= 0.3 is 0 Å². The molecule has 1 nitrogen and oxygen atoms in total. The Kier molecular flexibility index (Phi) is 7.13. The highest BCUT2D eigenvalue weighted by atomic mass is 15.1. The van der Waals surface area contributed by atoms with Gasteiger partial charge in [-0.05, 0) is 103 Å². The molecular weight excluding hydrogens is 639 g/mol. The maximum absolute atomic E-state index is 2.43. The molecule has 2 aliphatic carbocycles. The lowest BCUT2D eigenvalue weighted by Crippen LogP contribution is -2.40. The molecule has 0 radical (unpaired) electrons. The Bertz CT molecular complexity index is 2570. The van der Waals surface area contributed by atoms with Gasteiger partial charge in [0.25, 0.3) is 0 Å². The van der Waals surface area contributed by atoms with Gasteiger partial charge in [-0.2, -0.15) is 0 Å². The molecule has 0 aliphatic heterocycles. The van der Waals surface area contributed by atoms with E-state index in [1.165, 1.54) is 66.8 Å². The summed E-state index contributed by atoms with van der Waals surface area (Å²) in [6, 6.07) is 73.8. The van der Waals surface area contributed by atoms with Crippen LogP contribution in [0.1, 0.15) is 47.2 Å². The summed E-state index contributed by atoms with van der Waals surface area (Å²) in [5.74, 6) is 0. The van der Waals surface area contributed by atoms with E-state index >= 15 is 0 Å². The van der Waals surface area contributed by atoms with Crippen LogP contribution in [0.3, 0.4) is 0 Å². The van der Waals surface area contributed by atoms with Crippen LogP contribution in [0.5, 0.6) is 0 Å². The third kappa shape index (κ3) is 4.70. The lowest BCUT2D eigenvalue weighted by Gasteiger charge is -2.46. The van der Waals surface area contributed by atoms with E-state index in [2.05, 4.69) is 219 Å². The largest absolute Gasteiger partial charge is 0.310 e. The predicted molar refractivity (Wildman–Crippen MR) is 221 cm³/mol. The quantitative estimate of drug-likeness (QED) is 0.175. The van der Waals surface area contributed by atoms with Crippen LogP contribution in [0.25, 0.3) is 33.4 Å². The van der Waals surface area contributed by atoms with Crippen molar-refractivity contribution in [3.8, 4) is 33.4 Å². The van der Waals surface area contributed by atoms with Crippen molar-refractivity contribution in [3.63, 3.8) is 0 Å². The Morgan fingerprint density at radius 1 is 0.302 bits per heavy atom. The van der Waals surface area contributed by atoms with Gasteiger partial charge in [0.1, 0.15) is 0 Å². The summed E-state index contributed by atoms with van der Waals surface area (Å²) >= 11 is 0. The van der Waals surface area contributed by atoms with Crippen LogP contribution >= 0.6 is 0 Å². The number of nitrogens with zero attached hydrogens (tertiary/aromatic N) is 1. The van der Waals surface area contributed by atoms with Crippen LogP contribution in [0, 0.1) is 0 Å². The zero-order valence-electron chi connectivity index (χ0n) is 30.0. The number of anilines is 3.